The summed E-state index contributed by atoms with van der Waals surface area (Å²) in [6, 6.07) is 0. The molecule has 2 N–H and O–H groups in total. The van der Waals surface area contributed by atoms with Gasteiger partial charge >= 0.3 is 0 Å². The van der Waals surface area contributed by atoms with Crippen LogP contribution in [0.25, 0.3) is 0 Å². The lowest BCUT2D eigenvalue weighted by Crippen LogP contribution is -2.32. The third-order valence-corrected chi connectivity index (χ3v) is 4.02. The molecule has 0 saturated carbocycles. The third kappa shape index (κ3) is 5.02. The minimum Gasteiger partial charge on any atom is -0.378 e. The summed E-state index contributed by atoms with van der Waals surface area (Å²) in [4.78, 5) is 5.55. The molecule has 1 aromatic rings. The van der Waals surface area contributed by atoms with Gasteiger partial charge in [0.25, 0.3) is 0 Å². The Morgan fingerprint density at radius 3 is 3.06 bits per heavy atom. The Hall–Kier alpha value is -0.490. The van der Waals surface area contributed by atoms with Gasteiger partial charge in [0.05, 0.1) is 11.1 Å². The third-order valence-electron chi connectivity index (χ3n) is 3.11. The van der Waals surface area contributed by atoms with Crippen molar-refractivity contribution in [1.29, 1.82) is 0 Å². The quantitative estimate of drug-likeness (QED) is 0.740. The first-order chi connectivity index (χ1) is 8.84. The zero-order valence-electron chi connectivity index (χ0n) is 11.1. The van der Waals surface area contributed by atoms with E-state index in [4.69, 9.17) is 4.74 Å². The average Bonchev–Trinajstić information content (AvgIpc) is 2.81. The Morgan fingerprint density at radius 1 is 1.50 bits per heavy atom. The minimum atomic E-state index is 0.482. The molecule has 0 spiro atoms. The highest BCUT2D eigenvalue weighted by atomic mass is 32.1. The molecule has 102 valence electrons. The number of ether oxygens (including phenoxy) is 1. The molecule has 0 radical (unpaired) electrons. The van der Waals surface area contributed by atoms with Crippen LogP contribution in [0.1, 0.15) is 29.1 Å². The molecule has 2 rings (SSSR count). The van der Waals surface area contributed by atoms with Crippen molar-refractivity contribution in [3.05, 3.63) is 16.1 Å². The molecule has 1 fully saturated rings. The van der Waals surface area contributed by atoms with Gasteiger partial charge in [0.15, 0.2) is 0 Å². The van der Waals surface area contributed by atoms with Crippen LogP contribution in [0.5, 0.6) is 0 Å². The highest BCUT2D eigenvalue weighted by molar-refractivity contribution is 7.11. The smallest absolute Gasteiger partial charge is 0.0897 e. The van der Waals surface area contributed by atoms with E-state index in [1.54, 1.807) is 11.3 Å². The van der Waals surface area contributed by atoms with Gasteiger partial charge in [-0.1, -0.05) is 0 Å². The van der Waals surface area contributed by atoms with Crippen molar-refractivity contribution in [3.8, 4) is 0 Å². The van der Waals surface area contributed by atoms with Gasteiger partial charge in [-0.25, -0.2) is 4.98 Å². The normalized spacial score (nSPS) is 17.2. The molecular weight excluding hydrogens is 246 g/mol. The molecule has 0 amide bonds. The van der Waals surface area contributed by atoms with Crippen molar-refractivity contribution >= 4 is 11.3 Å². The van der Waals surface area contributed by atoms with Gasteiger partial charge in [-0.2, -0.15) is 0 Å². The van der Waals surface area contributed by atoms with Crippen LogP contribution < -0.4 is 10.6 Å². The topological polar surface area (TPSA) is 46.2 Å². The van der Waals surface area contributed by atoms with E-state index in [1.807, 2.05) is 13.1 Å². The first kappa shape index (κ1) is 13.9. The number of hydrogen-bond donors (Lipinski definition) is 2. The maximum absolute atomic E-state index is 5.85. The second-order valence-corrected chi connectivity index (χ2v) is 6.02. The average molecular weight is 269 g/mol. The molecule has 5 heteroatoms. The second kappa shape index (κ2) is 7.84. The fourth-order valence-corrected chi connectivity index (χ4v) is 2.87. The SMILES string of the molecule is Cc1ncc(CNCCCOC2CCNCC2)s1. The summed E-state index contributed by atoms with van der Waals surface area (Å²) in [7, 11) is 0. The van der Waals surface area contributed by atoms with Gasteiger partial charge in [0.2, 0.25) is 0 Å². The Labute approximate surface area is 113 Å². The number of aromatic nitrogens is 1. The zero-order valence-corrected chi connectivity index (χ0v) is 11.9. The predicted molar refractivity (Wildman–Crippen MR) is 75.0 cm³/mol. The summed E-state index contributed by atoms with van der Waals surface area (Å²) >= 11 is 1.76. The van der Waals surface area contributed by atoms with Gasteiger partial charge in [-0.3, -0.25) is 0 Å². The highest BCUT2D eigenvalue weighted by Crippen LogP contribution is 2.10. The number of thiazole rings is 1. The van der Waals surface area contributed by atoms with Crippen LogP contribution in [0.15, 0.2) is 6.20 Å². The molecule has 18 heavy (non-hydrogen) atoms. The van der Waals surface area contributed by atoms with E-state index in [2.05, 4.69) is 15.6 Å². The van der Waals surface area contributed by atoms with Crippen LogP contribution in [0.2, 0.25) is 0 Å². The summed E-state index contributed by atoms with van der Waals surface area (Å²) in [6.45, 7) is 7.07. The van der Waals surface area contributed by atoms with Crippen molar-refractivity contribution in [2.24, 2.45) is 0 Å². The number of nitrogens with zero attached hydrogens (tertiary/aromatic N) is 1. The standard InChI is InChI=1S/C13H23N3OS/c1-11-16-10-13(18-11)9-15-5-2-8-17-12-3-6-14-7-4-12/h10,12,14-15H,2-9H2,1H3. The molecule has 4 nitrogen and oxygen atoms in total. The van der Waals surface area contributed by atoms with Crippen LogP contribution in [-0.4, -0.2) is 37.3 Å². The molecule has 1 saturated heterocycles. The summed E-state index contributed by atoms with van der Waals surface area (Å²) in [6.07, 6.45) is 5.84. The fraction of sp³-hybridized carbons (Fsp3) is 0.769. The number of piperidine rings is 1. The highest BCUT2D eigenvalue weighted by Gasteiger charge is 2.12. The molecule has 1 aliphatic rings. The lowest BCUT2D eigenvalue weighted by molar-refractivity contribution is 0.0317. The molecule has 0 aromatic carbocycles. The van der Waals surface area contributed by atoms with Crippen LogP contribution in [-0.2, 0) is 11.3 Å². The van der Waals surface area contributed by atoms with E-state index in [9.17, 15) is 0 Å². The molecular formula is C13H23N3OS. The van der Waals surface area contributed by atoms with Crippen LogP contribution in [0.3, 0.4) is 0 Å². The Morgan fingerprint density at radius 2 is 2.33 bits per heavy atom. The summed E-state index contributed by atoms with van der Waals surface area (Å²) in [5.74, 6) is 0. The predicted octanol–water partition coefficient (Wildman–Crippen LogP) is 1.70. The second-order valence-electron chi connectivity index (χ2n) is 4.70. The van der Waals surface area contributed by atoms with Crippen LogP contribution >= 0.6 is 11.3 Å². The molecule has 1 aliphatic heterocycles. The summed E-state index contributed by atoms with van der Waals surface area (Å²) in [5, 5.41) is 7.92. The van der Waals surface area contributed by atoms with Crippen molar-refractivity contribution in [2.75, 3.05) is 26.2 Å². The Kier molecular flexibility index (Phi) is 6.07. The lowest BCUT2D eigenvalue weighted by Gasteiger charge is -2.22. The number of nitrogens with one attached hydrogen (secondary N) is 2. The number of rotatable bonds is 7. The fourth-order valence-electron chi connectivity index (χ4n) is 2.11. The van der Waals surface area contributed by atoms with Gasteiger partial charge in [-0.15, -0.1) is 11.3 Å². The van der Waals surface area contributed by atoms with Crippen molar-refractivity contribution < 1.29 is 4.74 Å². The summed E-state index contributed by atoms with van der Waals surface area (Å²) < 4.78 is 5.85. The van der Waals surface area contributed by atoms with Crippen LogP contribution in [0.4, 0.5) is 0 Å². The van der Waals surface area contributed by atoms with E-state index in [0.717, 1.165) is 57.1 Å². The van der Waals surface area contributed by atoms with Gasteiger partial charge < -0.3 is 15.4 Å². The maximum atomic E-state index is 5.85. The number of hydrogen-bond acceptors (Lipinski definition) is 5. The van der Waals surface area contributed by atoms with Crippen molar-refractivity contribution in [1.82, 2.24) is 15.6 Å². The Bertz CT molecular complexity index is 337. The first-order valence-electron chi connectivity index (χ1n) is 6.79. The largest absolute Gasteiger partial charge is 0.378 e. The molecule has 0 bridgehead atoms. The Balaban J connectivity index is 1.46. The lowest BCUT2D eigenvalue weighted by atomic mass is 10.1. The van der Waals surface area contributed by atoms with Gasteiger partial charge in [-0.05, 0) is 45.8 Å². The van der Waals surface area contributed by atoms with Crippen molar-refractivity contribution in [3.63, 3.8) is 0 Å². The minimum absolute atomic E-state index is 0.482. The van der Waals surface area contributed by atoms with Gasteiger partial charge in [0.1, 0.15) is 0 Å². The summed E-state index contributed by atoms with van der Waals surface area (Å²) in [5.41, 5.74) is 0. The maximum Gasteiger partial charge on any atom is 0.0897 e. The molecule has 0 unspecified atom stereocenters. The van der Waals surface area contributed by atoms with Crippen molar-refractivity contribution in [2.45, 2.75) is 38.8 Å². The van der Waals surface area contributed by atoms with Crippen LogP contribution in [0, 0.1) is 6.92 Å². The van der Waals surface area contributed by atoms with E-state index >= 15 is 0 Å². The molecule has 1 aromatic heterocycles. The van der Waals surface area contributed by atoms with Gasteiger partial charge in [0, 0.05) is 24.2 Å². The van der Waals surface area contributed by atoms with E-state index in [0.29, 0.717) is 6.10 Å². The first-order valence-corrected chi connectivity index (χ1v) is 7.60. The van der Waals surface area contributed by atoms with E-state index in [1.165, 1.54) is 4.88 Å². The monoisotopic (exact) mass is 269 g/mol. The van der Waals surface area contributed by atoms with E-state index < -0.39 is 0 Å². The zero-order chi connectivity index (χ0) is 12.6. The van der Waals surface area contributed by atoms with E-state index in [-0.39, 0.29) is 0 Å². The number of aryl methyl sites for hydroxylation is 1. The molecule has 0 atom stereocenters. The molecule has 2 heterocycles. The molecule has 0 aliphatic carbocycles.